The number of fused-ring (bicyclic) bond motifs is 1. The van der Waals surface area contributed by atoms with Crippen LogP contribution >= 0.6 is 0 Å². The van der Waals surface area contributed by atoms with E-state index in [0.29, 0.717) is 13.2 Å². The van der Waals surface area contributed by atoms with E-state index in [1.807, 2.05) is 0 Å². The Morgan fingerprint density at radius 2 is 1.90 bits per heavy atom. The minimum atomic E-state index is -0.506. The molecule has 0 amide bonds. The Hall–Kier alpha value is -0.860. The van der Waals surface area contributed by atoms with Crippen molar-refractivity contribution in [3.63, 3.8) is 0 Å². The molecule has 1 unspecified atom stereocenters. The van der Waals surface area contributed by atoms with E-state index >= 15 is 0 Å². The third kappa shape index (κ3) is 2.19. The summed E-state index contributed by atoms with van der Waals surface area (Å²) in [6.45, 7) is 10.6. The van der Waals surface area contributed by atoms with Gasteiger partial charge in [-0.05, 0) is 41.4 Å². The van der Waals surface area contributed by atoms with E-state index < -0.39 is 5.79 Å². The number of hydrogen-bond donors (Lipinski definition) is 0. The maximum absolute atomic E-state index is 5.93. The average Bonchev–Trinajstić information content (AvgIpc) is 2.87. The van der Waals surface area contributed by atoms with Crippen LogP contribution in [0.1, 0.15) is 57.2 Å². The van der Waals surface area contributed by atoms with E-state index in [0.717, 1.165) is 12.3 Å². The molecule has 1 aliphatic heterocycles. The monoisotopic (exact) mass is 274 g/mol. The molecule has 0 bridgehead atoms. The Kier molecular flexibility index (Phi) is 3.42. The third-order valence-corrected chi connectivity index (χ3v) is 4.93. The summed E-state index contributed by atoms with van der Waals surface area (Å²) in [7, 11) is 0. The Bertz CT molecular complexity index is 498. The van der Waals surface area contributed by atoms with E-state index in [4.69, 9.17) is 9.47 Å². The molecule has 1 fully saturated rings. The second-order valence-electron chi connectivity index (χ2n) is 7.07. The zero-order valence-corrected chi connectivity index (χ0v) is 13.2. The number of hydrogen-bond acceptors (Lipinski definition) is 2. The highest BCUT2D eigenvalue weighted by Crippen LogP contribution is 2.43. The lowest BCUT2D eigenvalue weighted by Crippen LogP contribution is -2.31. The van der Waals surface area contributed by atoms with Crippen molar-refractivity contribution >= 4 is 0 Å². The Balaban J connectivity index is 2.05. The Morgan fingerprint density at radius 1 is 1.20 bits per heavy atom. The van der Waals surface area contributed by atoms with Gasteiger partial charge in [0.15, 0.2) is 5.79 Å². The summed E-state index contributed by atoms with van der Waals surface area (Å²) in [6, 6.07) is 6.85. The smallest absolute Gasteiger partial charge is 0.194 e. The molecule has 1 heterocycles. The first-order valence-corrected chi connectivity index (χ1v) is 7.89. The lowest BCUT2D eigenvalue weighted by molar-refractivity contribution is -0.167. The van der Waals surface area contributed by atoms with Crippen molar-refractivity contribution in [1.82, 2.24) is 0 Å². The predicted molar refractivity (Wildman–Crippen MR) is 80.8 cm³/mol. The molecule has 3 rings (SSSR count). The van der Waals surface area contributed by atoms with Crippen molar-refractivity contribution in [1.29, 1.82) is 0 Å². The number of benzene rings is 1. The molecule has 0 aromatic heterocycles. The molecule has 0 radical (unpaired) electrons. The van der Waals surface area contributed by atoms with E-state index in [1.165, 1.54) is 29.5 Å². The maximum Gasteiger partial charge on any atom is 0.194 e. The molecule has 110 valence electrons. The Labute approximate surface area is 122 Å². The predicted octanol–water partition coefficient (Wildman–Crippen LogP) is 4.16. The molecule has 0 spiro atoms. The van der Waals surface area contributed by atoms with Crippen LogP contribution in [0.4, 0.5) is 0 Å². The molecule has 2 nitrogen and oxygen atoms in total. The van der Waals surface area contributed by atoms with Crippen LogP contribution in [0.5, 0.6) is 0 Å². The number of ether oxygens (including phenoxy) is 2. The summed E-state index contributed by atoms with van der Waals surface area (Å²) < 4.78 is 11.9. The summed E-state index contributed by atoms with van der Waals surface area (Å²) in [5, 5.41) is 0. The molecular formula is C18H26O2. The highest BCUT2D eigenvalue weighted by molar-refractivity contribution is 5.41. The van der Waals surface area contributed by atoms with Gasteiger partial charge in [0.1, 0.15) is 0 Å². The standard InChI is InChI=1S/C18H26O2/c1-5-18(19-8-9-20-18)15-7-6-14-10-13(2)12-17(3,4)16(14)11-15/h6-7,11,13H,5,8-10,12H2,1-4H3. The van der Waals surface area contributed by atoms with Crippen LogP contribution in [0.3, 0.4) is 0 Å². The minimum absolute atomic E-state index is 0.247. The fraction of sp³-hybridized carbons (Fsp3) is 0.667. The lowest BCUT2D eigenvalue weighted by Gasteiger charge is -2.38. The van der Waals surface area contributed by atoms with Crippen molar-refractivity contribution in [2.75, 3.05) is 13.2 Å². The highest BCUT2D eigenvalue weighted by Gasteiger charge is 2.39. The summed E-state index contributed by atoms with van der Waals surface area (Å²) in [5.74, 6) is 0.260. The van der Waals surface area contributed by atoms with Crippen molar-refractivity contribution < 1.29 is 9.47 Å². The largest absolute Gasteiger partial charge is 0.343 e. The summed E-state index contributed by atoms with van der Waals surface area (Å²) in [5.41, 5.74) is 4.43. The van der Waals surface area contributed by atoms with Gasteiger partial charge in [-0.1, -0.05) is 39.8 Å². The molecule has 2 heteroatoms. The van der Waals surface area contributed by atoms with Gasteiger partial charge in [0.25, 0.3) is 0 Å². The van der Waals surface area contributed by atoms with Crippen molar-refractivity contribution in [3.05, 3.63) is 34.9 Å². The van der Waals surface area contributed by atoms with Crippen LogP contribution in [0.15, 0.2) is 18.2 Å². The summed E-state index contributed by atoms with van der Waals surface area (Å²) in [6.07, 6.45) is 3.31. The zero-order valence-electron chi connectivity index (χ0n) is 13.2. The molecule has 1 aromatic carbocycles. The van der Waals surface area contributed by atoms with Crippen LogP contribution in [0.2, 0.25) is 0 Å². The van der Waals surface area contributed by atoms with Gasteiger partial charge in [-0.25, -0.2) is 0 Å². The highest BCUT2D eigenvalue weighted by atomic mass is 16.7. The minimum Gasteiger partial charge on any atom is -0.343 e. The van der Waals surface area contributed by atoms with E-state index in [-0.39, 0.29) is 5.41 Å². The van der Waals surface area contributed by atoms with Gasteiger partial charge < -0.3 is 9.47 Å². The van der Waals surface area contributed by atoms with Gasteiger partial charge in [-0.15, -0.1) is 0 Å². The second-order valence-corrected chi connectivity index (χ2v) is 7.07. The molecule has 1 saturated heterocycles. The summed E-state index contributed by atoms with van der Waals surface area (Å²) >= 11 is 0. The topological polar surface area (TPSA) is 18.5 Å². The van der Waals surface area contributed by atoms with Crippen LogP contribution in [0.25, 0.3) is 0 Å². The zero-order chi connectivity index (χ0) is 14.4. The van der Waals surface area contributed by atoms with Gasteiger partial charge in [-0.3, -0.25) is 0 Å². The first-order chi connectivity index (χ1) is 9.47. The van der Waals surface area contributed by atoms with Gasteiger partial charge in [0, 0.05) is 12.0 Å². The van der Waals surface area contributed by atoms with Crippen molar-refractivity contribution in [3.8, 4) is 0 Å². The normalized spacial score (nSPS) is 27.3. The van der Waals surface area contributed by atoms with Crippen LogP contribution < -0.4 is 0 Å². The van der Waals surface area contributed by atoms with Gasteiger partial charge >= 0.3 is 0 Å². The second kappa shape index (κ2) is 4.85. The molecule has 1 aromatic rings. The molecule has 2 aliphatic rings. The van der Waals surface area contributed by atoms with Gasteiger partial charge in [0.2, 0.25) is 0 Å². The molecular weight excluding hydrogens is 248 g/mol. The maximum atomic E-state index is 5.93. The van der Waals surface area contributed by atoms with Crippen LogP contribution in [0, 0.1) is 5.92 Å². The Morgan fingerprint density at radius 3 is 2.55 bits per heavy atom. The first-order valence-electron chi connectivity index (χ1n) is 7.89. The fourth-order valence-electron chi connectivity index (χ4n) is 4.08. The summed E-state index contributed by atoms with van der Waals surface area (Å²) in [4.78, 5) is 0. The van der Waals surface area contributed by atoms with Crippen molar-refractivity contribution in [2.45, 2.75) is 58.2 Å². The molecule has 20 heavy (non-hydrogen) atoms. The van der Waals surface area contributed by atoms with E-state index in [2.05, 4.69) is 45.9 Å². The number of rotatable bonds is 2. The third-order valence-electron chi connectivity index (χ3n) is 4.93. The molecule has 0 saturated carbocycles. The molecule has 1 atom stereocenters. The quantitative estimate of drug-likeness (QED) is 0.806. The van der Waals surface area contributed by atoms with Crippen LogP contribution in [-0.2, 0) is 27.1 Å². The lowest BCUT2D eigenvalue weighted by atomic mass is 9.68. The first kappa shape index (κ1) is 14.1. The van der Waals surface area contributed by atoms with Crippen LogP contribution in [-0.4, -0.2) is 13.2 Å². The van der Waals surface area contributed by atoms with Crippen molar-refractivity contribution in [2.24, 2.45) is 5.92 Å². The fourth-order valence-corrected chi connectivity index (χ4v) is 4.08. The van der Waals surface area contributed by atoms with Gasteiger partial charge in [-0.2, -0.15) is 0 Å². The average molecular weight is 274 g/mol. The molecule has 1 aliphatic carbocycles. The van der Waals surface area contributed by atoms with Gasteiger partial charge in [0.05, 0.1) is 13.2 Å². The van der Waals surface area contributed by atoms with E-state index in [9.17, 15) is 0 Å². The van der Waals surface area contributed by atoms with E-state index in [1.54, 1.807) is 0 Å². The molecule has 0 N–H and O–H groups in total. The SMILES string of the molecule is CCC1(c2ccc3c(c2)C(C)(C)CC(C)C3)OCCO1.